The second-order valence-electron chi connectivity index (χ2n) is 4.83. The van der Waals surface area contributed by atoms with Crippen LogP contribution in [0.4, 0.5) is 4.79 Å². The molecule has 1 rings (SSSR count). The van der Waals surface area contributed by atoms with Crippen LogP contribution in [0.1, 0.15) is 38.5 Å². The molecular formula is C12H22N2O5. The van der Waals surface area contributed by atoms with Crippen LogP contribution in [0.15, 0.2) is 0 Å². The molecule has 1 saturated carbocycles. The summed E-state index contributed by atoms with van der Waals surface area (Å²) in [5.41, 5.74) is 0. The summed E-state index contributed by atoms with van der Waals surface area (Å²) >= 11 is 0. The molecule has 3 atom stereocenters. The highest BCUT2D eigenvalue weighted by Gasteiger charge is 2.25. The zero-order valence-corrected chi connectivity index (χ0v) is 10.8. The van der Waals surface area contributed by atoms with Gasteiger partial charge in [-0.3, -0.25) is 0 Å². The molecular weight excluding hydrogens is 252 g/mol. The number of aliphatic carboxylic acids is 1. The summed E-state index contributed by atoms with van der Waals surface area (Å²) in [6.45, 7) is -0.316. The van der Waals surface area contributed by atoms with Gasteiger partial charge in [-0.05, 0) is 12.8 Å². The molecule has 0 aromatic rings. The number of rotatable bonds is 5. The molecule has 0 heterocycles. The van der Waals surface area contributed by atoms with E-state index >= 15 is 0 Å². The first-order valence-corrected chi connectivity index (χ1v) is 6.63. The average molecular weight is 274 g/mol. The van der Waals surface area contributed by atoms with Crippen LogP contribution in [-0.2, 0) is 4.79 Å². The van der Waals surface area contributed by atoms with E-state index in [-0.39, 0.29) is 19.1 Å². The summed E-state index contributed by atoms with van der Waals surface area (Å²) in [5, 5.41) is 32.3. The Kier molecular flexibility index (Phi) is 6.58. The van der Waals surface area contributed by atoms with Crippen LogP contribution in [0, 0.1) is 0 Å². The predicted octanol–water partition coefficient (Wildman–Crippen LogP) is -0.185. The van der Waals surface area contributed by atoms with Crippen molar-refractivity contribution in [3.63, 3.8) is 0 Å². The lowest BCUT2D eigenvalue weighted by Crippen LogP contribution is -2.52. The number of carboxylic acid groups (broad SMARTS) is 1. The monoisotopic (exact) mass is 274 g/mol. The topological polar surface area (TPSA) is 119 Å². The van der Waals surface area contributed by atoms with Gasteiger partial charge in [-0.25, -0.2) is 9.59 Å². The number of aliphatic hydroxyl groups excluding tert-OH is 2. The lowest BCUT2D eigenvalue weighted by Gasteiger charge is -2.23. The molecule has 19 heavy (non-hydrogen) atoms. The number of carbonyl (C=O) groups is 2. The average Bonchev–Trinajstić information content (AvgIpc) is 2.54. The van der Waals surface area contributed by atoms with Gasteiger partial charge in [0.05, 0.1) is 12.1 Å². The van der Waals surface area contributed by atoms with Crippen molar-refractivity contribution in [2.24, 2.45) is 0 Å². The maximum atomic E-state index is 11.7. The van der Waals surface area contributed by atoms with Crippen molar-refractivity contribution in [2.75, 3.05) is 6.61 Å². The van der Waals surface area contributed by atoms with Crippen molar-refractivity contribution in [3.8, 4) is 0 Å². The van der Waals surface area contributed by atoms with Crippen molar-refractivity contribution in [1.82, 2.24) is 10.6 Å². The fraction of sp³-hybridized carbons (Fsp3) is 0.833. The molecule has 7 heteroatoms. The van der Waals surface area contributed by atoms with Crippen LogP contribution >= 0.6 is 0 Å². The van der Waals surface area contributed by atoms with Gasteiger partial charge in [0, 0.05) is 13.0 Å². The van der Waals surface area contributed by atoms with E-state index in [1.807, 2.05) is 0 Å². The van der Waals surface area contributed by atoms with Crippen molar-refractivity contribution >= 4 is 12.0 Å². The first kappa shape index (κ1) is 15.7. The summed E-state index contributed by atoms with van der Waals surface area (Å²) in [5.74, 6) is -1.19. The molecule has 0 aromatic carbocycles. The fourth-order valence-corrected chi connectivity index (χ4v) is 2.21. The summed E-state index contributed by atoms with van der Waals surface area (Å²) in [4.78, 5) is 22.5. The minimum atomic E-state index is -1.19. The largest absolute Gasteiger partial charge is 0.480 e. The van der Waals surface area contributed by atoms with Crippen LogP contribution in [0.2, 0.25) is 0 Å². The molecule has 7 nitrogen and oxygen atoms in total. The van der Waals surface area contributed by atoms with Crippen LogP contribution in [0.5, 0.6) is 0 Å². The molecule has 0 bridgehead atoms. The van der Waals surface area contributed by atoms with E-state index in [1.54, 1.807) is 0 Å². The second-order valence-corrected chi connectivity index (χ2v) is 4.83. The van der Waals surface area contributed by atoms with Crippen molar-refractivity contribution in [1.29, 1.82) is 0 Å². The van der Waals surface area contributed by atoms with E-state index in [0.717, 1.165) is 19.3 Å². The normalized spacial score (nSPS) is 25.2. The van der Waals surface area contributed by atoms with E-state index in [0.29, 0.717) is 12.8 Å². The fourth-order valence-electron chi connectivity index (χ4n) is 2.21. The van der Waals surface area contributed by atoms with Gasteiger partial charge < -0.3 is 26.0 Å². The van der Waals surface area contributed by atoms with Crippen molar-refractivity contribution in [2.45, 2.75) is 56.7 Å². The SMILES string of the molecule is O=C(NC1CCCCCC1O)N[C@H](CCO)C(=O)O. The smallest absolute Gasteiger partial charge is 0.326 e. The van der Waals surface area contributed by atoms with E-state index < -0.39 is 24.1 Å². The van der Waals surface area contributed by atoms with E-state index in [2.05, 4.69) is 10.6 Å². The highest BCUT2D eigenvalue weighted by atomic mass is 16.4. The summed E-state index contributed by atoms with van der Waals surface area (Å²) < 4.78 is 0. The van der Waals surface area contributed by atoms with E-state index in [9.17, 15) is 14.7 Å². The minimum absolute atomic E-state index is 0.0457. The molecule has 2 unspecified atom stereocenters. The highest BCUT2D eigenvalue weighted by molar-refractivity contribution is 5.82. The maximum absolute atomic E-state index is 11.7. The van der Waals surface area contributed by atoms with Gasteiger partial charge in [0.1, 0.15) is 6.04 Å². The van der Waals surface area contributed by atoms with Gasteiger partial charge in [-0.1, -0.05) is 19.3 Å². The third-order valence-electron chi connectivity index (χ3n) is 3.32. The summed E-state index contributed by atoms with van der Waals surface area (Å²) in [7, 11) is 0. The number of urea groups is 1. The molecule has 110 valence electrons. The van der Waals surface area contributed by atoms with Crippen LogP contribution in [0.3, 0.4) is 0 Å². The number of carbonyl (C=O) groups excluding carboxylic acids is 1. The molecule has 1 fully saturated rings. The van der Waals surface area contributed by atoms with Gasteiger partial charge in [0.2, 0.25) is 0 Å². The number of amides is 2. The van der Waals surface area contributed by atoms with Gasteiger partial charge >= 0.3 is 12.0 Å². The second kappa shape index (κ2) is 7.96. The quantitative estimate of drug-likeness (QED) is 0.445. The Morgan fingerprint density at radius 1 is 1.21 bits per heavy atom. The zero-order valence-electron chi connectivity index (χ0n) is 10.8. The molecule has 0 aromatic heterocycles. The summed E-state index contributed by atoms with van der Waals surface area (Å²) in [6.07, 6.45) is 3.59. The Hall–Kier alpha value is -1.34. The molecule has 0 aliphatic heterocycles. The molecule has 0 saturated heterocycles. The Morgan fingerprint density at radius 3 is 2.53 bits per heavy atom. The van der Waals surface area contributed by atoms with Gasteiger partial charge in [-0.15, -0.1) is 0 Å². The predicted molar refractivity (Wildman–Crippen MR) is 67.7 cm³/mol. The van der Waals surface area contributed by atoms with E-state index in [4.69, 9.17) is 10.2 Å². The molecule has 5 N–H and O–H groups in total. The van der Waals surface area contributed by atoms with Crippen molar-refractivity contribution < 1.29 is 24.9 Å². The minimum Gasteiger partial charge on any atom is -0.480 e. The van der Waals surface area contributed by atoms with Crippen LogP contribution < -0.4 is 10.6 Å². The number of nitrogens with one attached hydrogen (secondary N) is 2. The molecule has 2 amide bonds. The van der Waals surface area contributed by atoms with E-state index in [1.165, 1.54) is 0 Å². The standard InChI is InChI=1S/C12H22N2O5/c15-7-6-9(11(17)18)14-12(19)13-8-4-2-1-3-5-10(8)16/h8-10,15-16H,1-7H2,(H,17,18)(H2,13,14,19)/t8?,9-,10?/m1/s1. The van der Waals surface area contributed by atoms with Crippen LogP contribution in [-0.4, -0.2) is 52.1 Å². The lowest BCUT2D eigenvalue weighted by atomic mass is 10.1. The first-order valence-electron chi connectivity index (χ1n) is 6.63. The lowest BCUT2D eigenvalue weighted by molar-refractivity contribution is -0.139. The maximum Gasteiger partial charge on any atom is 0.326 e. The first-order chi connectivity index (χ1) is 9.04. The molecule has 1 aliphatic rings. The highest BCUT2D eigenvalue weighted by Crippen LogP contribution is 2.17. The van der Waals surface area contributed by atoms with Crippen molar-refractivity contribution in [3.05, 3.63) is 0 Å². The number of hydrogen-bond acceptors (Lipinski definition) is 4. The number of aliphatic hydroxyl groups is 2. The molecule has 1 aliphatic carbocycles. The molecule has 0 radical (unpaired) electrons. The molecule has 0 spiro atoms. The number of carboxylic acids is 1. The Morgan fingerprint density at radius 2 is 1.89 bits per heavy atom. The Bertz CT molecular complexity index is 310. The van der Waals surface area contributed by atoms with Gasteiger partial charge in [0.25, 0.3) is 0 Å². The zero-order chi connectivity index (χ0) is 14.3. The van der Waals surface area contributed by atoms with Gasteiger partial charge in [0.15, 0.2) is 0 Å². The Labute approximate surface area is 112 Å². The Balaban J connectivity index is 2.46. The summed E-state index contributed by atoms with van der Waals surface area (Å²) in [6, 6.07) is -2.08. The third-order valence-corrected chi connectivity index (χ3v) is 3.32. The number of hydrogen-bond donors (Lipinski definition) is 5. The third kappa shape index (κ3) is 5.44. The van der Waals surface area contributed by atoms with Crippen LogP contribution in [0.25, 0.3) is 0 Å². The van der Waals surface area contributed by atoms with Gasteiger partial charge in [-0.2, -0.15) is 0 Å².